The fourth-order valence-electron chi connectivity index (χ4n) is 1.27. The van der Waals surface area contributed by atoms with Gasteiger partial charge in [-0.15, -0.1) is 11.3 Å². The monoisotopic (exact) mass is 199 g/mol. The Morgan fingerprint density at radius 3 is 2.69 bits per heavy atom. The molecule has 1 aromatic rings. The number of aliphatic hydroxyl groups is 1. The maximum atomic E-state index is 9.11. The molecule has 0 radical (unpaired) electrons. The van der Waals surface area contributed by atoms with E-state index in [1.165, 1.54) is 10.4 Å². The van der Waals surface area contributed by atoms with Gasteiger partial charge in [-0.25, -0.2) is 0 Å². The van der Waals surface area contributed by atoms with E-state index in [2.05, 4.69) is 30.6 Å². The molecule has 0 aliphatic heterocycles. The van der Waals surface area contributed by atoms with Crippen LogP contribution in [0.15, 0.2) is 11.4 Å². The highest BCUT2D eigenvalue weighted by atomic mass is 32.1. The molecule has 2 atom stereocenters. The molecule has 1 rings (SSSR count). The lowest BCUT2D eigenvalue weighted by Gasteiger charge is -2.14. The molecule has 74 valence electrons. The zero-order valence-electron chi connectivity index (χ0n) is 8.37. The zero-order chi connectivity index (χ0) is 9.84. The molecule has 2 nitrogen and oxygen atoms in total. The summed E-state index contributed by atoms with van der Waals surface area (Å²) < 4.78 is 0. The number of rotatable bonds is 4. The Bertz CT molecular complexity index is 257. The SMILES string of the molecule is Cc1ccsc1[C@H](C)NC[C@H](C)O. The van der Waals surface area contributed by atoms with E-state index in [9.17, 15) is 0 Å². The first-order valence-electron chi connectivity index (χ1n) is 4.56. The number of aliphatic hydroxyl groups excluding tert-OH is 1. The van der Waals surface area contributed by atoms with Crippen molar-refractivity contribution in [3.63, 3.8) is 0 Å². The van der Waals surface area contributed by atoms with Crippen LogP contribution in [0, 0.1) is 6.92 Å². The number of thiophene rings is 1. The van der Waals surface area contributed by atoms with Gasteiger partial charge in [0.05, 0.1) is 6.10 Å². The Morgan fingerprint density at radius 2 is 2.23 bits per heavy atom. The van der Waals surface area contributed by atoms with Gasteiger partial charge < -0.3 is 10.4 Å². The third kappa shape index (κ3) is 3.10. The molecular formula is C10H17NOS. The normalized spacial score (nSPS) is 15.7. The summed E-state index contributed by atoms with van der Waals surface area (Å²) in [7, 11) is 0. The van der Waals surface area contributed by atoms with Crippen molar-refractivity contribution in [1.82, 2.24) is 5.32 Å². The molecule has 1 aromatic heterocycles. The second kappa shape index (κ2) is 4.74. The van der Waals surface area contributed by atoms with Crippen LogP contribution >= 0.6 is 11.3 Å². The summed E-state index contributed by atoms with van der Waals surface area (Å²) in [5, 5.41) is 14.5. The predicted octanol–water partition coefficient (Wildman–Crippen LogP) is 2.09. The van der Waals surface area contributed by atoms with Crippen molar-refractivity contribution in [1.29, 1.82) is 0 Å². The Kier molecular flexibility index (Phi) is 3.90. The minimum absolute atomic E-state index is 0.275. The van der Waals surface area contributed by atoms with E-state index < -0.39 is 0 Å². The van der Waals surface area contributed by atoms with Crippen LogP contribution in [-0.4, -0.2) is 17.8 Å². The molecule has 0 saturated heterocycles. The predicted molar refractivity (Wildman–Crippen MR) is 57.2 cm³/mol. The van der Waals surface area contributed by atoms with E-state index >= 15 is 0 Å². The van der Waals surface area contributed by atoms with Crippen LogP contribution in [-0.2, 0) is 0 Å². The van der Waals surface area contributed by atoms with Gasteiger partial charge in [-0.2, -0.15) is 0 Å². The minimum Gasteiger partial charge on any atom is -0.392 e. The second-order valence-corrected chi connectivity index (χ2v) is 4.39. The topological polar surface area (TPSA) is 32.3 Å². The van der Waals surface area contributed by atoms with Gasteiger partial charge in [-0.05, 0) is 37.8 Å². The molecule has 0 saturated carbocycles. The average Bonchev–Trinajstić information content (AvgIpc) is 2.47. The zero-order valence-corrected chi connectivity index (χ0v) is 9.19. The first-order chi connectivity index (χ1) is 6.11. The molecule has 0 aliphatic carbocycles. The average molecular weight is 199 g/mol. The van der Waals surface area contributed by atoms with E-state index in [0.29, 0.717) is 12.6 Å². The summed E-state index contributed by atoms with van der Waals surface area (Å²) >= 11 is 1.77. The maximum Gasteiger partial charge on any atom is 0.0636 e. The van der Waals surface area contributed by atoms with Crippen molar-refractivity contribution >= 4 is 11.3 Å². The summed E-state index contributed by atoms with van der Waals surface area (Å²) in [5.74, 6) is 0. The summed E-state index contributed by atoms with van der Waals surface area (Å²) in [4.78, 5) is 1.36. The highest BCUT2D eigenvalue weighted by molar-refractivity contribution is 7.10. The number of hydrogen-bond acceptors (Lipinski definition) is 3. The van der Waals surface area contributed by atoms with Gasteiger partial charge >= 0.3 is 0 Å². The lowest BCUT2D eigenvalue weighted by atomic mass is 10.2. The third-order valence-electron chi connectivity index (χ3n) is 2.01. The smallest absolute Gasteiger partial charge is 0.0636 e. The molecule has 3 heteroatoms. The van der Waals surface area contributed by atoms with Crippen molar-refractivity contribution in [2.24, 2.45) is 0 Å². The van der Waals surface area contributed by atoms with Crippen LogP contribution < -0.4 is 5.32 Å². The highest BCUT2D eigenvalue weighted by Crippen LogP contribution is 2.23. The number of nitrogens with one attached hydrogen (secondary N) is 1. The van der Waals surface area contributed by atoms with E-state index in [0.717, 1.165) is 0 Å². The quantitative estimate of drug-likeness (QED) is 0.778. The standard InChI is InChI=1S/C10H17NOS/c1-7-4-5-13-10(7)9(3)11-6-8(2)12/h4-5,8-9,11-12H,6H2,1-3H3/t8-,9-/m0/s1. The Morgan fingerprint density at radius 1 is 1.54 bits per heavy atom. The molecule has 0 bridgehead atoms. The summed E-state index contributed by atoms with van der Waals surface area (Å²) in [6.07, 6.45) is -0.275. The van der Waals surface area contributed by atoms with Gasteiger partial charge in [0, 0.05) is 17.5 Å². The maximum absolute atomic E-state index is 9.11. The second-order valence-electron chi connectivity index (χ2n) is 3.45. The van der Waals surface area contributed by atoms with Crippen LogP contribution in [0.3, 0.4) is 0 Å². The lowest BCUT2D eigenvalue weighted by molar-refractivity contribution is 0.187. The van der Waals surface area contributed by atoms with Crippen molar-refractivity contribution < 1.29 is 5.11 Å². The van der Waals surface area contributed by atoms with Gasteiger partial charge in [0.2, 0.25) is 0 Å². The number of hydrogen-bond donors (Lipinski definition) is 2. The summed E-state index contributed by atoms with van der Waals surface area (Å²) in [5.41, 5.74) is 1.33. The van der Waals surface area contributed by atoms with Crippen molar-refractivity contribution in [2.75, 3.05) is 6.54 Å². The van der Waals surface area contributed by atoms with Crippen molar-refractivity contribution in [3.05, 3.63) is 21.9 Å². The lowest BCUT2D eigenvalue weighted by Crippen LogP contribution is -2.26. The molecule has 0 fully saturated rings. The van der Waals surface area contributed by atoms with Crippen LogP contribution in [0.4, 0.5) is 0 Å². The minimum atomic E-state index is -0.275. The van der Waals surface area contributed by atoms with Gasteiger partial charge in [-0.1, -0.05) is 0 Å². The molecule has 1 heterocycles. The van der Waals surface area contributed by atoms with Gasteiger partial charge in [0.1, 0.15) is 0 Å². The van der Waals surface area contributed by atoms with E-state index in [-0.39, 0.29) is 6.10 Å². The Balaban J connectivity index is 2.49. The fourth-order valence-corrected chi connectivity index (χ4v) is 2.23. The molecule has 0 unspecified atom stereocenters. The summed E-state index contributed by atoms with van der Waals surface area (Å²) in [6, 6.07) is 2.47. The third-order valence-corrected chi connectivity index (χ3v) is 3.22. The largest absolute Gasteiger partial charge is 0.392 e. The van der Waals surface area contributed by atoms with E-state index in [1.54, 1.807) is 18.3 Å². The fraction of sp³-hybridized carbons (Fsp3) is 0.600. The number of aryl methyl sites for hydroxylation is 1. The molecule has 2 N–H and O–H groups in total. The summed E-state index contributed by atoms with van der Waals surface area (Å²) in [6.45, 7) is 6.69. The van der Waals surface area contributed by atoms with Crippen LogP contribution in [0.25, 0.3) is 0 Å². The molecule has 0 amide bonds. The van der Waals surface area contributed by atoms with Crippen LogP contribution in [0.1, 0.15) is 30.3 Å². The van der Waals surface area contributed by atoms with Crippen molar-refractivity contribution in [3.8, 4) is 0 Å². The highest BCUT2D eigenvalue weighted by Gasteiger charge is 2.09. The molecule has 0 aliphatic rings. The Hall–Kier alpha value is -0.380. The Labute approximate surface area is 83.6 Å². The van der Waals surface area contributed by atoms with E-state index in [4.69, 9.17) is 5.11 Å². The van der Waals surface area contributed by atoms with Gasteiger partial charge in [0.25, 0.3) is 0 Å². The van der Waals surface area contributed by atoms with Gasteiger partial charge in [0.15, 0.2) is 0 Å². The first-order valence-corrected chi connectivity index (χ1v) is 5.44. The molecule has 0 spiro atoms. The van der Waals surface area contributed by atoms with Crippen molar-refractivity contribution in [2.45, 2.75) is 32.9 Å². The molecule has 0 aromatic carbocycles. The van der Waals surface area contributed by atoms with Gasteiger partial charge in [-0.3, -0.25) is 0 Å². The van der Waals surface area contributed by atoms with E-state index in [1.807, 2.05) is 0 Å². The molecular weight excluding hydrogens is 182 g/mol. The molecule has 13 heavy (non-hydrogen) atoms. The first kappa shape index (κ1) is 10.7. The van der Waals surface area contributed by atoms with Crippen LogP contribution in [0.5, 0.6) is 0 Å². The van der Waals surface area contributed by atoms with Crippen LogP contribution in [0.2, 0.25) is 0 Å².